The summed E-state index contributed by atoms with van der Waals surface area (Å²) < 4.78 is 5.79. The zero-order chi connectivity index (χ0) is 18.8. The van der Waals surface area contributed by atoms with E-state index in [-0.39, 0.29) is 11.2 Å². The number of fused-ring (bicyclic) bond motifs is 1. The quantitative estimate of drug-likeness (QED) is 0.639. The Kier molecular flexibility index (Phi) is 5.56. The molecule has 2 aromatic carbocycles. The van der Waals surface area contributed by atoms with E-state index in [1.807, 2.05) is 13.8 Å². The second-order valence-corrected chi connectivity index (χ2v) is 6.85. The summed E-state index contributed by atoms with van der Waals surface area (Å²) >= 11 is 12.2. The second-order valence-electron chi connectivity index (χ2n) is 6.00. The van der Waals surface area contributed by atoms with Gasteiger partial charge in [-0.3, -0.25) is 9.69 Å². The number of rotatable bonds is 5. The lowest BCUT2D eigenvalue weighted by Crippen LogP contribution is -2.22. The zero-order valence-corrected chi connectivity index (χ0v) is 16.1. The second kappa shape index (κ2) is 7.70. The predicted molar refractivity (Wildman–Crippen MR) is 106 cm³/mol. The molecule has 6 heteroatoms. The monoisotopic (exact) mass is 391 g/mol. The molecule has 0 aliphatic heterocycles. The first-order chi connectivity index (χ1) is 12.5. The Balaban J connectivity index is 2.19. The molecule has 0 bridgehead atoms. The van der Waals surface area contributed by atoms with Crippen molar-refractivity contribution in [2.75, 3.05) is 13.1 Å². The van der Waals surface area contributed by atoms with Crippen molar-refractivity contribution in [3.05, 3.63) is 62.4 Å². The zero-order valence-electron chi connectivity index (χ0n) is 14.6. The molecule has 0 fully saturated rings. The van der Waals surface area contributed by atoms with E-state index in [4.69, 9.17) is 27.6 Å². The largest absolute Gasteiger partial charge is 0.507 e. The first-order valence-electron chi connectivity index (χ1n) is 8.40. The summed E-state index contributed by atoms with van der Waals surface area (Å²) in [5, 5.41) is 11.6. The molecule has 1 N–H and O–H groups in total. The lowest BCUT2D eigenvalue weighted by molar-refractivity contribution is 0.290. The number of nitrogens with zero attached hydrogens (tertiary/aromatic N) is 1. The minimum atomic E-state index is -0.198. The number of phenolic OH excluding ortho intramolecular Hbond substituents is 1. The molecule has 0 unspecified atom stereocenters. The highest BCUT2D eigenvalue weighted by atomic mass is 35.5. The lowest BCUT2D eigenvalue weighted by atomic mass is 10.0. The van der Waals surface area contributed by atoms with Crippen LogP contribution in [0.2, 0.25) is 10.0 Å². The van der Waals surface area contributed by atoms with Gasteiger partial charge in [-0.25, -0.2) is 0 Å². The third-order valence-electron chi connectivity index (χ3n) is 4.52. The van der Waals surface area contributed by atoms with Gasteiger partial charge in [0.15, 0.2) is 0 Å². The maximum atomic E-state index is 13.0. The Morgan fingerprint density at radius 2 is 1.81 bits per heavy atom. The van der Waals surface area contributed by atoms with Crippen molar-refractivity contribution < 1.29 is 9.52 Å². The highest BCUT2D eigenvalue weighted by Gasteiger charge is 2.17. The molecular formula is C20H19Cl2NO3. The summed E-state index contributed by atoms with van der Waals surface area (Å²) in [5.41, 5.74) is 1.73. The van der Waals surface area contributed by atoms with Crippen molar-refractivity contribution in [2.45, 2.75) is 20.4 Å². The average Bonchev–Trinajstić information content (AvgIpc) is 2.62. The van der Waals surface area contributed by atoms with E-state index in [2.05, 4.69) is 4.90 Å². The Bertz CT molecular complexity index is 1010. The fraction of sp³-hybridized carbons (Fsp3) is 0.250. The van der Waals surface area contributed by atoms with Crippen LogP contribution in [-0.4, -0.2) is 23.1 Å². The minimum Gasteiger partial charge on any atom is -0.507 e. The van der Waals surface area contributed by atoms with Gasteiger partial charge in [-0.2, -0.15) is 0 Å². The van der Waals surface area contributed by atoms with Crippen LogP contribution >= 0.6 is 23.2 Å². The Morgan fingerprint density at radius 3 is 2.46 bits per heavy atom. The molecule has 0 saturated carbocycles. The van der Waals surface area contributed by atoms with E-state index in [0.717, 1.165) is 13.1 Å². The minimum absolute atomic E-state index is 0.116. The van der Waals surface area contributed by atoms with Gasteiger partial charge in [0.25, 0.3) is 0 Å². The fourth-order valence-corrected chi connectivity index (χ4v) is 3.47. The van der Waals surface area contributed by atoms with Gasteiger partial charge in [-0.05, 0) is 37.4 Å². The number of aromatic hydroxyl groups is 1. The van der Waals surface area contributed by atoms with Crippen molar-refractivity contribution in [3.63, 3.8) is 0 Å². The molecule has 0 saturated heterocycles. The Hall–Kier alpha value is -2.01. The molecule has 3 aromatic rings. The number of benzene rings is 2. The topological polar surface area (TPSA) is 53.7 Å². The summed E-state index contributed by atoms with van der Waals surface area (Å²) in [4.78, 5) is 15.1. The standard InChI is InChI=1S/C20H19Cl2NO3/c1-3-23(4-2)10-15-18(24)8-7-14-19(25)16(11-26-20(14)15)13-6-5-12(21)9-17(13)22/h5-9,11,24H,3-4,10H2,1-2H3. The molecular weight excluding hydrogens is 373 g/mol. The summed E-state index contributed by atoms with van der Waals surface area (Å²) in [6.45, 7) is 6.25. The van der Waals surface area contributed by atoms with Gasteiger partial charge in [0.05, 0.1) is 21.5 Å². The first kappa shape index (κ1) is 18.8. The van der Waals surface area contributed by atoms with Crippen LogP contribution in [0.5, 0.6) is 5.75 Å². The summed E-state index contributed by atoms with van der Waals surface area (Å²) in [5.74, 6) is 0.116. The van der Waals surface area contributed by atoms with E-state index in [1.165, 1.54) is 12.3 Å². The van der Waals surface area contributed by atoms with Crippen LogP contribution in [0.4, 0.5) is 0 Å². The molecule has 0 aliphatic rings. The van der Waals surface area contributed by atoms with E-state index in [9.17, 15) is 9.90 Å². The SMILES string of the molecule is CCN(CC)Cc1c(O)ccc2c(=O)c(-c3ccc(Cl)cc3Cl)coc12. The van der Waals surface area contributed by atoms with Gasteiger partial charge in [0.1, 0.15) is 17.6 Å². The third-order valence-corrected chi connectivity index (χ3v) is 5.06. The summed E-state index contributed by atoms with van der Waals surface area (Å²) in [6.07, 6.45) is 1.39. The van der Waals surface area contributed by atoms with Crippen LogP contribution in [0.3, 0.4) is 0 Å². The summed E-state index contributed by atoms with van der Waals surface area (Å²) in [7, 11) is 0. The first-order valence-corrected chi connectivity index (χ1v) is 9.16. The highest BCUT2D eigenvalue weighted by Crippen LogP contribution is 2.32. The Labute approximate surface area is 161 Å². The van der Waals surface area contributed by atoms with E-state index in [1.54, 1.807) is 24.3 Å². The van der Waals surface area contributed by atoms with E-state index >= 15 is 0 Å². The molecule has 0 amide bonds. The average molecular weight is 392 g/mol. The molecule has 0 radical (unpaired) electrons. The summed E-state index contributed by atoms with van der Waals surface area (Å²) in [6, 6.07) is 8.07. The molecule has 0 aliphatic carbocycles. The maximum Gasteiger partial charge on any atom is 0.200 e. The molecule has 0 atom stereocenters. The molecule has 1 heterocycles. The smallest absolute Gasteiger partial charge is 0.200 e. The van der Waals surface area contributed by atoms with E-state index < -0.39 is 0 Å². The van der Waals surface area contributed by atoms with Crippen LogP contribution in [0, 0.1) is 0 Å². The normalized spacial score (nSPS) is 11.4. The van der Waals surface area contributed by atoms with Gasteiger partial charge in [-0.15, -0.1) is 0 Å². The van der Waals surface area contributed by atoms with E-state index in [0.29, 0.717) is 44.2 Å². The molecule has 3 rings (SSSR count). The van der Waals surface area contributed by atoms with Gasteiger partial charge in [0, 0.05) is 17.1 Å². The van der Waals surface area contributed by atoms with Crippen LogP contribution in [0.25, 0.3) is 22.1 Å². The van der Waals surface area contributed by atoms with Crippen molar-refractivity contribution in [3.8, 4) is 16.9 Å². The van der Waals surface area contributed by atoms with Gasteiger partial charge >= 0.3 is 0 Å². The third kappa shape index (κ3) is 3.45. The molecule has 136 valence electrons. The van der Waals surface area contributed by atoms with Gasteiger partial charge in [0.2, 0.25) is 5.43 Å². The number of halogens is 2. The molecule has 0 spiro atoms. The van der Waals surface area contributed by atoms with Crippen LogP contribution in [-0.2, 0) is 6.54 Å². The van der Waals surface area contributed by atoms with Crippen molar-refractivity contribution in [1.82, 2.24) is 4.90 Å². The lowest BCUT2D eigenvalue weighted by Gasteiger charge is -2.19. The Morgan fingerprint density at radius 1 is 1.08 bits per heavy atom. The number of phenols is 1. The molecule has 26 heavy (non-hydrogen) atoms. The maximum absolute atomic E-state index is 13.0. The molecule has 1 aromatic heterocycles. The van der Waals surface area contributed by atoms with Gasteiger partial charge < -0.3 is 9.52 Å². The van der Waals surface area contributed by atoms with Crippen LogP contribution < -0.4 is 5.43 Å². The van der Waals surface area contributed by atoms with Crippen molar-refractivity contribution >= 4 is 34.2 Å². The van der Waals surface area contributed by atoms with Crippen molar-refractivity contribution in [2.24, 2.45) is 0 Å². The fourth-order valence-electron chi connectivity index (χ4n) is 2.96. The molecule has 4 nitrogen and oxygen atoms in total. The van der Waals surface area contributed by atoms with Gasteiger partial charge in [-0.1, -0.05) is 43.1 Å². The van der Waals surface area contributed by atoms with Crippen LogP contribution in [0.15, 0.2) is 45.8 Å². The predicted octanol–water partition coefficient (Wildman–Crippen LogP) is 5.31. The van der Waals surface area contributed by atoms with Crippen LogP contribution in [0.1, 0.15) is 19.4 Å². The number of hydrogen-bond acceptors (Lipinski definition) is 4. The highest BCUT2D eigenvalue weighted by molar-refractivity contribution is 6.36. The van der Waals surface area contributed by atoms with Crippen molar-refractivity contribution in [1.29, 1.82) is 0 Å². The number of hydrogen-bond donors (Lipinski definition) is 1.